The van der Waals surface area contributed by atoms with Crippen LogP contribution in [0, 0.1) is 10.1 Å². The lowest BCUT2D eigenvalue weighted by molar-refractivity contribution is -0.384. The summed E-state index contributed by atoms with van der Waals surface area (Å²) in [5.41, 5.74) is 0.898. The molecule has 0 aromatic heterocycles. The smallest absolute Gasteiger partial charge is 0.269 e. The lowest BCUT2D eigenvalue weighted by Crippen LogP contribution is -2.28. The molecule has 1 fully saturated rings. The van der Waals surface area contributed by atoms with E-state index in [1.165, 1.54) is 12.1 Å². The molecule has 0 aliphatic carbocycles. The van der Waals surface area contributed by atoms with Crippen molar-refractivity contribution >= 4 is 28.3 Å². The first-order chi connectivity index (χ1) is 7.68. The minimum absolute atomic E-state index is 0.0744. The molecule has 86 valence electrons. The van der Waals surface area contributed by atoms with Gasteiger partial charge < -0.3 is 9.47 Å². The second-order valence-electron chi connectivity index (χ2n) is 3.39. The lowest BCUT2D eigenvalue weighted by atomic mass is 10.1. The summed E-state index contributed by atoms with van der Waals surface area (Å²) in [5, 5.41) is 10.5. The summed E-state index contributed by atoms with van der Waals surface area (Å²) < 4.78 is 11.8. The highest BCUT2D eigenvalue weighted by atomic mass is 127. The van der Waals surface area contributed by atoms with Crippen LogP contribution in [0.1, 0.15) is 5.56 Å². The van der Waals surface area contributed by atoms with Crippen LogP contribution in [0.25, 0.3) is 0 Å². The van der Waals surface area contributed by atoms with Gasteiger partial charge in [0.15, 0.2) is 0 Å². The Morgan fingerprint density at radius 2 is 1.88 bits per heavy atom. The van der Waals surface area contributed by atoms with Crippen molar-refractivity contribution in [3.05, 3.63) is 39.9 Å². The molecule has 0 radical (unpaired) electrons. The van der Waals surface area contributed by atoms with Gasteiger partial charge in [-0.3, -0.25) is 10.1 Å². The molecule has 6 heteroatoms. The largest absolute Gasteiger partial charge is 0.343 e. The van der Waals surface area contributed by atoms with Crippen molar-refractivity contribution in [2.45, 2.75) is 5.79 Å². The fourth-order valence-corrected chi connectivity index (χ4v) is 2.49. The molecule has 0 atom stereocenters. The molecule has 5 nitrogen and oxygen atoms in total. The van der Waals surface area contributed by atoms with E-state index in [-0.39, 0.29) is 5.69 Å². The van der Waals surface area contributed by atoms with Crippen molar-refractivity contribution in [2.24, 2.45) is 0 Å². The monoisotopic (exact) mass is 335 g/mol. The molecule has 1 aromatic carbocycles. The van der Waals surface area contributed by atoms with E-state index >= 15 is 0 Å². The first-order valence-electron chi connectivity index (χ1n) is 4.77. The summed E-state index contributed by atoms with van der Waals surface area (Å²) in [4.78, 5) is 10.1. The molecule has 0 saturated carbocycles. The number of rotatable bonds is 3. The summed E-state index contributed by atoms with van der Waals surface area (Å²) in [6, 6.07) is 6.30. The summed E-state index contributed by atoms with van der Waals surface area (Å²) in [6.45, 7) is 1.11. The molecular weight excluding hydrogens is 325 g/mol. The predicted molar refractivity (Wildman–Crippen MR) is 65.6 cm³/mol. The molecule has 1 aliphatic heterocycles. The molecule has 1 aromatic rings. The van der Waals surface area contributed by atoms with Gasteiger partial charge in [0, 0.05) is 17.7 Å². The molecule has 1 saturated heterocycles. The van der Waals surface area contributed by atoms with Crippen molar-refractivity contribution in [2.75, 3.05) is 17.6 Å². The molecule has 0 unspecified atom stereocenters. The van der Waals surface area contributed by atoms with Crippen LogP contribution in [0.4, 0.5) is 5.69 Å². The van der Waals surface area contributed by atoms with E-state index in [0.29, 0.717) is 17.6 Å². The van der Waals surface area contributed by atoms with Crippen LogP contribution in [-0.4, -0.2) is 22.6 Å². The summed E-state index contributed by atoms with van der Waals surface area (Å²) in [6.07, 6.45) is 0. The Morgan fingerprint density at radius 3 is 2.31 bits per heavy atom. The maximum Gasteiger partial charge on any atom is 0.269 e. The van der Waals surface area contributed by atoms with Gasteiger partial charge in [-0.25, -0.2) is 0 Å². The van der Waals surface area contributed by atoms with Gasteiger partial charge in [-0.05, 0) is 12.1 Å². The minimum atomic E-state index is -0.726. The molecule has 1 aliphatic rings. The van der Waals surface area contributed by atoms with Gasteiger partial charge in [-0.2, -0.15) is 0 Å². The number of benzene rings is 1. The molecule has 0 amide bonds. The number of nitro groups is 1. The third-order valence-corrected chi connectivity index (χ3v) is 3.45. The number of alkyl halides is 1. The van der Waals surface area contributed by atoms with Crippen LogP contribution in [0.3, 0.4) is 0 Å². The van der Waals surface area contributed by atoms with Gasteiger partial charge in [-0.15, -0.1) is 0 Å². The number of ether oxygens (including phenoxy) is 2. The van der Waals surface area contributed by atoms with Gasteiger partial charge in [-0.1, -0.05) is 22.6 Å². The molecule has 0 spiro atoms. The van der Waals surface area contributed by atoms with Crippen molar-refractivity contribution in [1.29, 1.82) is 0 Å². The topological polar surface area (TPSA) is 61.6 Å². The molecule has 16 heavy (non-hydrogen) atoms. The first kappa shape index (κ1) is 11.7. The first-order valence-corrected chi connectivity index (χ1v) is 6.29. The maximum atomic E-state index is 10.5. The Balaban J connectivity index is 2.29. The highest BCUT2D eigenvalue weighted by molar-refractivity contribution is 14.1. The van der Waals surface area contributed by atoms with Crippen LogP contribution in [0.2, 0.25) is 0 Å². The zero-order valence-corrected chi connectivity index (χ0v) is 10.5. The summed E-state index contributed by atoms with van der Waals surface area (Å²) in [5.74, 6) is -0.726. The van der Waals surface area contributed by atoms with E-state index in [1.54, 1.807) is 12.1 Å². The maximum absolute atomic E-state index is 10.5. The van der Waals surface area contributed by atoms with Crippen molar-refractivity contribution in [3.8, 4) is 0 Å². The van der Waals surface area contributed by atoms with Crippen molar-refractivity contribution in [1.82, 2.24) is 0 Å². The van der Waals surface area contributed by atoms with E-state index in [9.17, 15) is 10.1 Å². The molecular formula is C10H10INO4. The second kappa shape index (κ2) is 4.64. The predicted octanol–water partition coefficient (Wildman–Crippen LogP) is 2.23. The van der Waals surface area contributed by atoms with E-state index in [4.69, 9.17) is 9.47 Å². The number of non-ortho nitro benzene ring substituents is 1. The second-order valence-corrected chi connectivity index (χ2v) is 4.15. The normalized spacial score (nSPS) is 18.6. The van der Waals surface area contributed by atoms with Crippen LogP contribution in [-0.2, 0) is 15.3 Å². The molecule has 0 bridgehead atoms. The fraction of sp³-hybridized carbons (Fsp3) is 0.400. The quantitative estimate of drug-likeness (QED) is 0.368. The Hall–Kier alpha value is -0.730. The van der Waals surface area contributed by atoms with Gasteiger partial charge in [0.1, 0.15) is 0 Å². The number of halogens is 1. The number of nitro benzene ring substituents is 1. The number of hydrogen-bond acceptors (Lipinski definition) is 4. The highest BCUT2D eigenvalue weighted by Gasteiger charge is 2.37. The van der Waals surface area contributed by atoms with E-state index in [1.807, 2.05) is 0 Å². The zero-order valence-electron chi connectivity index (χ0n) is 8.39. The Morgan fingerprint density at radius 1 is 1.31 bits per heavy atom. The molecule has 1 heterocycles. The van der Waals surface area contributed by atoms with Crippen LogP contribution in [0.5, 0.6) is 0 Å². The lowest BCUT2D eigenvalue weighted by Gasteiger charge is -2.25. The van der Waals surface area contributed by atoms with Crippen LogP contribution in [0.15, 0.2) is 24.3 Å². The summed E-state index contributed by atoms with van der Waals surface area (Å²) in [7, 11) is 0. The standard InChI is InChI=1S/C10H10INO4/c11-7-10(15-5-6-16-10)8-1-3-9(4-2-8)12(13)14/h1-4H,5-7H2. The minimum Gasteiger partial charge on any atom is -0.343 e. The third kappa shape index (κ3) is 2.04. The Kier molecular flexibility index (Phi) is 3.41. The van der Waals surface area contributed by atoms with Crippen molar-refractivity contribution < 1.29 is 14.4 Å². The van der Waals surface area contributed by atoms with Crippen LogP contribution >= 0.6 is 22.6 Å². The Bertz CT molecular complexity index is 386. The average molecular weight is 335 g/mol. The van der Waals surface area contributed by atoms with Gasteiger partial charge in [0.05, 0.1) is 22.6 Å². The van der Waals surface area contributed by atoms with Gasteiger partial charge >= 0.3 is 0 Å². The number of hydrogen-bond donors (Lipinski definition) is 0. The van der Waals surface area contributed by atoms with E-state index < -0.39 is 10.7 Å². The Labute approximate surface area is 106 Å². The SMILES string of the molecule is O=[N+]([O-])c1ccc(C2(CI)OCCO2)cc1. The third-order valence-electron chi connectivity index (χ3n) is 2.45. The van der Waals surface area contributed by atoms with E-state index in [0.717, 1.165) is 5.56 Å². The molecule has 0 N–H and O–H groups in total. The van der Waals surface area contributed by atoms with Crippen molar-refractivity contribution in [3.63, 3.8) is 0 Å². The zero-order chi connectivity index (χ0) is 11.6. The van der Waals surface area contributed by atoms with E-state index in [2.05, 4.69) is 22.6 Å². The van der Waals surface area contributed by atoms with Gasteiger partial charge in [0.25, 0.3) is 5.69 Å². The van der Waals surface area contributed by atoms with Crippen LogP contribution < -0.4 is 0 Å². The molecule has 2 rings (SSSR count). The highest BCUT2D eigenvalue weighted by Crippen LogP contribution is 2.34. The summed E-state index contributed by atoms with van der Waals surface area (Å²) >= 11 is 2.18. The van der Waals surface area contributed by atoms with Gasteiger partial charge in [0.2, 0.25) is 5.79 Å². The number of nitrogens with zero attached hydrogens (tertiary/aromatic N) is 1. The average Bonchev–Trinajstić information content (AvgIpc) is 2.79. The fourth-order valence-electron chi connectivity index (χ4n) is 1.61.